The Labute approximate surface area is 215 Å². The molecule has 36 heavy (non-hydrogen) atoms. The van der Waals surface area contributed by atoms with Gasteiger partial charge in [-0.15, -0.1) is 10.2 Å². The van der Waals surface area contributed by atoms with E-state index in [1.165, 1.54) is 23.1 Å². The van der Waals surface area contributed by atoms with Gasteiger partial charge in [0.1, 0.15) is 11.5 Å². The highest BCUT2D eigenvalue weighted by Crippen LogP contribution is 2.31. The Morgan fingerprint density at radius 1 is 1.06 bits per heavy atom. The molecule has 0 saturated carbocycles. The number of carbonyl (C=O) groups is 1. The van der Waals surface area contributed by atoms with E-state index in [0.717, 1.165) is 33.0 Å². The van der Waals surface area contributed by atoms with E-state index in [0.29, 0.717) is 22.7 Å². The molecular weight excluding hydrogens is 496 g/mol. The van der Waals surface area contributed by atoms with Crippen LogP contribution in [0.3, 0.4) is 0 Å². The van der Waals surface area contributed by atoms with Crippen molar-refractivity contribution in [3.63, 3.8) is 0 Å². The van der Waals surface area contributed by atoms with Crippen molar-refractivity contribution in [3.8, 4) is 28.6 Å². The van der Waals surface area contributed by atoms with Crippen LogP contribution in [0.2, 0.25) is 0 Å². The van der Waals surface area contributed by atoms with E-state index in [4.69, 9.17) is 9.47 Å². The van der Waals surface area contributed by atoms with Crippen LogP contribution in [-0.4, -0.2) is 50.1 Å². The van der Waals surface area contributed by atoms with E-state index >= 15 is 0 Å². The average molecular weight is 519 g/mol. The molecule has 0 atom stereocenters. The Bertz CT molecular complexity index is 1490. The Balaban J connectivity index is 1.35. The second-order valence-electron chi connectivity index (χ2n) is 7.49. The third kappa shape index (κ3) is 5.16. The first-order valence-electron chi connectivity index (χ1n) is 11.1. The van der Waals surface area contributed by atoms with Crippen molar-refractivity contribution in [1.82, 2.24) is 24.7 Å². The number of benzene rings is 2. The molecule has 0 saturated heterocycles. The number of rotatable bonds is 9. The monoisotopic (exact) mass is 518 g/mol. The van der Waals surface area contributed by atoms with Crippen LogP contribution in [0.25, 0.3) is 27.3 Å². The highest BCUT2D eigenvalue weighted by molar-refractivity contribution is 7.99. The lowest BCUT2D eigenvalue weighted by atomic mass is 10.2. The summed E-state index contributed by atoms with van der Waals surface area (Å²) in [5.41, 5.74) is 2.53. The molecule has 5 rings (SSSR count). The number of pyridine rings is 1. The summed E-state index contributed by atoms with van der Waals surface area (Å²) >= 11 is 2.71. The predicted molar refractivity (Wildman–Crippen MR) is 141 cm³/mol. The largest absolute Gasteiger partial charge is 0.497 e. The summed E-state index contributed by atoms with van der Waals surface area (Å²) in [5.74, 6) is 2.14. The number of thiazole rings is 1. The minimum Gasteiger partial charge on any atom is -0.497 e. The molecule has 2 aromatic carbocycles. The van der Waals surface area contributed by atoms with Crippen LogP contribution >= 0.6 is 23.1 Å². The van der Waals surface area contributed by atoms with Gasteiger partial charge >= 0.3 is 0 Å². The zero-order chi connectivity index (χ0) is 24.9. The molecule has 0 bridgehead atoms. The number of hydrogen-bond acceptors (Lipinski definition) is 9. The predicted octanol–water partition coefficient (Wildman–Crippen LogP) is 5.08. The molecule has 3 heterocycles. The third-order valence-corrected chi connectivity index (χ3v) is 7.01. The van der Waals surface area contributed by atoms with Crippen LogP contribution in [0.15, 0.2) is 72.1 Å². The molecule has 0 radical (unpaired) electrons. The molecule has 5 aromatic rings. The molecule has 1 N–H and O–H groups in total. The van der Waals surface area contributed by atoms with Gasteiger partial charge in [-0.3, -0.25) is 14.3 Å². The summed E-state index contributed by atoms with van der Waals surface area (Å²) in [6.45, 7) is 2.53. The van der Waals surface area contributed by atoms with Crippen molar-refractivity contribution in [2.45, 2.75) is 12.1 Å². The summed E-state index contributed by atoms with van der Waals surface area (Å²) in [5, 5.41) is 12.8. The van der Waals surface area contributed by atoms with Gasteiger partial charge in [0.05, 0.1) is 29.7 Å². The normalized spacial score (nSPS) is 10.9. The number of anilines is 1. The number of aromatic nitrogens is 5. The van der Waals surface area contributed by atoms with Crippen LogP contribution < -0.4 is 14.8 Å². The number of thioether (sulfide) groups is 1. The zero-order valence-electron chi connectivity index (χ0n) is 19.5. The van der Waals surface area contributed by atoms with Crippen LogP contribution in [0.5, 0.6) is 11.5 Å². The third-order valence-electron chi connectivity index (χ3n) is 5.15. The van der Waals surface area contributed by atoms with Crippen molar-refractivity contribution >= 4 is 44.4 Å². The number of ether oxygens (including phenoxy) is 2. The van der Waals surface area contributed by atoms with Gasteiger partial charge < -0.3 is 14.8 Å². The van der Waals surface area contributed by atoms with E-state index in [-0.39, 0.29) is 11.7 Å². The van der Waals surface area contributed by atoms with E-state index in [1.54, 1.807) is 19.5 Å². The Morgan fingerprint density at radius 3 is 2.58 bits per heavy atom. The van der Waals surface area contributed by atoms with Gasteiger partial charge in [0.15, 0.2) is 16.1 Å². The minimum absolute atomic E-state index is 0.144. The quantitative estimate of drug-likeness (QED) is 0.270. The maximum absolute atomic E-state index is 12.8. The Hall–Kier alpha value is -3.96. The van der Waals surface area contributed by atoms with Crippen molar-refractivity contribution in [2.24, 2.45) is 0 Å². The van der Waals surface area contributed by atoms with Crippen LogP contribution in [-0.2, 0) is 4.79 Å². The highest BCUT2D eigenvalue weighted by atomic mass is 32.2. The average Bonchev–Trinajstić information content (AvgIpc) is 3.51. The van der Waals surface area contributed by atoms with E-state index in [9.17, 15) is 4.79 Å². The van der Waals surface area contributed by atoms with Crippen molar-refractivity contribution in [1.29, 1.82) is 0 Å². The molecule has 0 aliphatic carbocycles. The number of hydrogen-bond donors (Lipinski definition) is 1. The smallest absolute Gasteiger partial charge is 0.236 e. The molecule has 0 fully saturated rings. The molecule has 9 nitrogen and oxygen atoms in total. The number of methoxy groups -OCH3 is 1. The number of fused-ring (bicyclic) bond motifs is 1. The molecule has 0 unspecified atom stereocenters. The second kappa shape index (κ2) is 10.8. The van der Waals surface area contributed by atoms with Gasteiger partial charge in [0.2, 0.25) is 5.91 Å². The lowest BCUT2D eigenvalue weighted by Gasteiger charge is -2.11. The first-order valence-corrected chi connectivity index (χ1v) is 12.9. The molecule has 182 valence electrons. The maximum Gasteiger partial charge on any atom is 0.236 e. The molecule has 0 spiro atoms. The SMILES string of the molecule is CCOc1ccc2nc(NC(=O)CSc3nnc(-c4ccncc4)n3-c3ccc(OC)cc3)sc2c1. The van der Waals surface area contributed by atoms with Crippen LogP contribution in [0.1, 0.15) is 6.92 Å². The topological polar surface area (TPSA) is 104 Å². The molecule has 0 aliphatic rings. The van der Waals surface area contributed by atoms with Gasteiger partial charge in [0.25, 0.3) is 0 Å². The number of nitrogens with one attached hydrogen (secondary N) is 1. The lowest BCUT2D eigenvalue weighted by molar-refractivity contribution is -0.113. The van der Waals surface area contributed by atoms with Crippen LogP contribution in [0.4, 0.5) is 5.13 Å². The van der Waals surface area contributed by atoms with E-state index in [1.807, 2.05) is 66.1 Å². The number of amides is 1. The summed E-state index contributed by atoms with van der Waals surface area (Å²) in [6.07, 6.45) is 3.41. The maximum atomic E-state index is 12.8. The zero-order valence-corrected chi connectivity index (χ0v) is 21.2. The fourth-order valence-electron chi connectivity index (χ4n) is 3.52. The van der Waals surface area contributed by atoms with Crippen molar-refractivity contribution < 1.29 is 14.3 Å². The van der Waals surface area contributed by atoms with Gasteiger partial charge in [-0.2, -0.15) is 0 Å². The number of carbonyl (C=O) groups excluding carboxylic acids is 1. The molecule has 0 aliphatic heterocycles. The van der Waals surface area contributed by atoms with Crippen molar-refractivity contribution in [2.75, 3.05) is 24.8 Å². The molecule has 3 aromatic heterocycles. The highest BCUT2D eigenvalue weighted by Gasteiger charge is 2.18. The molecular formula is C25H22N6O3S2. The van der Waals surface area contributed by atoms with Gasteiger partial charge in [0, 0.05) is 23.6 Å². The fourth-order valence-corrected chi connectivity index (χ4v) is 5.18. The van der Waals surface area contributed by atoms with Gasteiger partial charge in [-0.1, -0.05) is 23.1 Å². The molecule has 11 heteroatoms. The van der Waals surface area contributed by atoms with E-state index in [2.05, 4.69) is 25.5 Å². The lowest BCUT2D eigenvalue weighted by Crippen LogP contribution is -2.14. The second-order valence-corrected chi connectivity index (χ2v) is 9.47. The summed E-state index contributed by atoms with van der Waals surface area (Å²) in [7, 11) is 1.62. The Morgan fingerprint density at radius 2 is 1.83 bits per heavy atom. The first-order chi connectivity index (χ1) is 17.6. The summed E-state index contributed by atoms with van der Waals surface area (Å²) in [4.78, 5) is 21.4. The van der Waals surface area contributed by atoms with Crippen LogP contribution in [0, 0.1) is 0 Å². The summed E-state index contributed by atoms with van der Waals surface area (Å²) < 4.78 is 13.7. The number of nitrogens with zero attached hydrogens (tertiary/aromatic N) is 5. The standard InChI is InChI=1S/C25H22N6O3S2/c1-3-34-19-8-9-20-21(14-19)36-24(27-20)28-22(32)15-35-25-30-29-23(16-10-12-26-13-11-16)31(25)17-4-6-18(33-2)7-5-17/h4-14H,3,15H2,1-2H3,(H,27,28,32). The first kappa shape index (κ1) is 23.8. The van der Waals surface area contributed by atoms with Gasteiger partial charge in [-0.25, -0.2) is 4.98 Å². The summed E-state index contributed by atoms with van der Waals surface area (Å²) in [6, 6.07) is 17.0. The molecule has 1 amide bonds. The minimum atomic E-state index is -0.182. The Kier molecular flexibility index (Phi) is 7.10. The fraction of sp³-hybridized carbons (Fsp3) is 0.160. The van der Waals surface area contributed by atoms with Gasteiger partial charge in [-0.05, 0) is 61.5 Å². The van der Waals surface area contributed by atoms with E-state index < -0.39 is 0 Å². The van der Waals surface area contributed by atoms with Crippen molar-refractivity contribution in [3.05, 3.63) is 67.0 Å².